The first-order chi connectivity index (χ1) is 14.7. The molecule has 1 saturated heterocycles. The van der Waals surface area contributed by atoms with Gasteiger partial charge in [0.15, 0.2) is 0 Å². The largest absolute Gasteiger partial charge is 0.394 e. The van der Waals surface area contributed by atoms with Gasteiger partial charge in [-0.2, -0.15) is 0 Å². The number of benzene rings is 2. The molecule has 1 aromatic heterocycles. The molecule has 1 aliphatic rings. The molecule has 2 unspecified atom stereocenters. The molecule has 4 N–H and O–H groups in total. The number of thiophene rings is 1. The SMILES string of the molecule is CC(C)(C)c1ccc2sc(Cc3cccc([C@@H]4OC(CO)[C@@H](O)C(O)[C@H]4O)c3)cc2c1. The van der Waals surface area contributed by atoms with Crippen LogP contribution in [0.15, 0.2) is 48.5 Å². The fourth-order valence-electron chi connectivity index (χ4n) is 4.11. The van der Waals surface area contributed by atoms with Gasteiger partial charge >= 0.3 is 0 Å². The van der Waals surface area contributed by atoms with Crippen LogP contribution in [0.1, 0.15) is 48.4 Å². The minimum absolute atomic E-state index is 0.107. The van der Waals surface area contributed by atoms with Crippen molar-refractivity contribution < 1.29 is 25.2 Å². The lowest BCUT2D eigenvalue weighted by atomic mass is 9.86. The van der Waals surface area contributed by atoms with Crippen LogP contribution in [0.2, 0.25) is 0 Å². The fourth-order valence-corrected chi connectivity index (χ4v) is 5.19. The van der Waals surface area contributed by atoms with Crippen molar-refractivity contribution in [2.75, 3.05) is 6.61 Å². The molecule has 1 fully saturated rings. The Morgan fingerprint density at radius 3 is 2.42 bits per heavy atom. The Labute approximate surface area is 186 Å². The van der Waals surface area contributed by atoms with Gasteiger partial charge in [-0.05, 0) is 45.7 Å². The highest BCUT2D eigenvalue weighted by atomic mass is 32.1. The van der Waals surface area contributed by atoms with E-state index in [-0.39, 0.29) is 5.41 Å². The van der Waals surface area contributed by atoms with Crippen molar-refractivity contribution in [3.63, 3.8) is 0 Å². The van der Waals surface area contributed by atoms with Crippen molar-refractivity contribution in [3.05, 3.63) is 70.1 Å². The van der Waals surface area contributed by atoms with Gasteiger partial charge in [0.2, 0.25) is 0 Å². The molecular formula is C25H30O5S. The Morgan fingerprint density at radius 1 is 0.935 bits per heavy atom. The van der Waals surface area contributed by atoms with E-state index in [1.54, 1.807) is 11.3 Å². The van der Waals surface area contributed by atoms with Crippen molar-refractivity contribution in [1.29, 1.82) is 0 Å². The minimum atomic E-state index is -1.38. The first-order valence-corrected chi connectivity index (χ1v) is 11.4. The summed E-state index contributed by atoms with van der Waals surface area (Å²) >= 11 is 1.77. The van der Waals surface area contributed by atoms with E-state index < -0.39 is 37.1 Å². The maximum absolute atomic E-state index is 10.4. The maximum Gasteiger partial charge on any atom is 0.113 e. The van der Waals surface area contributed by atoms with Crippen LogP contribution in [0.25, 0.3) is 10.1 Å². The van der Waals surface area contributed by atoms with Crippen LogP contribution in [0.4, 0.5) is 0 Å². The summed E-state index contributed by atoms with van der Waals surface area (Å²) in [4.78, 5) is 1.24. The highest BCUT2D eigenvalue weighted by Crippen LogP contribution is 2.34. The van der Waals surface area contributed by atoms with Crippen molar-refractivity contribution in [2.45, 2.75) is 63.1 Å². The molecule has 2 aromatic carbocycles. The molecule has 5 nitrogen and oxygen atoms in total. The van der Waals surface area contributed by atoms with Crippen molar-refractivity contribution in [2.24, 2.45) is 0 Å². The third-order valence-corrected chi connectivity index (χ3v) is 7.10. The zero-order chi connectivity index (χ0) is 22.3. The summed E-state index contributed by atoms with van der Waals surface area (Å²) in [6.45, 7) is 6.21. The molecule has 166 valence electrons. The average Bonchev–Trinajstić information content (AvgIpc) is 3.13. The Hall–Kier alpha value is -1.80. The number of aliphatic hydroxyl groups excluding tert-OH is 4. The molecule has 1 aliphatic heterocycles. The summed E-state index contributed by atoms with van der Waals surface area (Å²) in [5.74, 6) is 0. The van der Waals surface area contributed by atoms with E-state index >= 15 is 0 Å². The molecule has 0 aliphatic carbocycles. The molecule has 0 radical (unpaired) electrons. The van der Waals surface area contributed by atoms with Crippen LogP contribution in [0.5, 0.6) is 0 Å². The van der Waals surface area contributed by atoms with Crippen molar-refractivity contribution >= 4 is 21.4 Å². The van der Waals surface area contributed by atoms with Gasteiger partial charge in [-0.1, -0.05) is 51.1 Å². The topological polar surface area (TPSA) is 90.2 Å². The molecular weight excluding hydrogens is 412 g/mol. The number of hydrogen-bond acceptors (Lipinski definition) is 6. The minimum Gasteiger partial charge on any atom is -0.394 e. The Balaban J connectivity index is 1.57. The molecule has 31 heavy (non-hydrogen) atoms. The third kappa shape index (κ3) is 4.55. The van der Waals surface area contributed by atoms with Gasteiger partial charge in [-0.15, -0.1) is 11.3 Å². The van der Waals surface area contributed by atoms with Gasteiger partial charge in [-0.25, -0.2) is 0 Å². The van der Waals surface area contributed by atoms with Crippen LogP contribution >= 0.6 is 11.3 Å². The van der Waals surface area contributed by atoms with E-state index in [1.807, 2.05) is 24.3 Å². The summed E-state index contributed by atoms with van der Waals surface area (Å²) in [6, 6.07) is 16.6. The van der Waals surface area contributed by atoms with Gasteiger partial charge in [0.05, 0.1) is 6.61 Å². The smallest absolute Gasteiger partial charge is 0.113 e. The standard InChI is InChI=1S/C25H30O5S/c1-25(2,3)17-7-8-20-16(11-17)12-18(31-20)10-14-5-4-6-15(9-14)24-23(29)22(28)21(27)19(13-26)30-24/h4-9,11-12,19,21-24,26-29H,10,13H2,1-3H3/t19?,21-,22?,23-,24+/m1/s1. The Morgan fingerprint density at radius 2 is 1.71 bits per heavy atom. The van der Waals surface area contributed by atoms with E-state index in [0.29, 0.717) is 5.56 Å². The van der Waals surface area contributed by atoms with Gasteiger partial charge in [0.1, 0.15) is 30.5 Å². The second-order valence-corrected chi connectivity index (χ2v) is 10.6. The molecule has 5 atom stereocenters. The van der Waals surface area contributed by atoms with Gasteiger partial charge in [-0.3, -0.25) is 0 Å². The molecule has 0 bridgehead atoms. The lowest BCUT2D eigenvalue weighted by Gasteiger charge is -2.40. The first kappa shape index (κ1) is 22.4. The highest BCUT2D eigenvalue weighted by Gasteiger charge is 2.43. The van der Waals surface area contributed by atoms with E-state index in [2.05, 4.69) is 45.0 Å². The molecule has 3 aromatic rings. The Bertz CT molecular complexity index is 1050. The summed E-state index contributed by atoms with van der Waals surface area (Å²) in [7, 11) is 0. The fraction of sp³-hybridized carbons (Fsp3) is 0.440. The summed E-state index contributed by atoms with van der Waals surface area (Å²) in [5, 5.41) is 41.2. The number of ether oxygens (including phenoxy) is 1. The quantitative estimate of drug-likeness (QED) is 0.498. The molecule has 6 heteroatoms. The molecule has 0 amide bonds. The van der Waals surface area contributed by atoms with Crippen molar-refractivity contribution in [3.8, 4) is 0 Å². The van der Waals surface area contributed by atoms with E-state index in [4.69, 9.17) is 4.74 Å². The van der Waals surface area contributed by atoms with Crippen molar-refractivity contribution in [1.82, 2.24) is 0 Å². The van der Waals surface area contributed by atoms with E-state index in [1.165, 1.54) is 20.5 Å². The van der Waals surface area contributed by atoms with E-state index in [0.717, 1.165) is 12.0 Å². The van der Waals surface area contributed by atoms with Gasteiger partial charge in [0.25, 0.3) is 0 Å². The summed E-state index contributed by atoms with van der Waals surface area (Å²) in [6.07, 6.45) is -4.97. The van der Waals surface area contributed by atoms with Crippen LogP contribution in [-0.2, 0) is 16.6 Å². The second kappa shape index (κ2) is 8.62. The predicted octanol–water partition coefficient (Wildman–Crippen LogP) is 3.30. The summed E-state index contributed by atoms with van der Waals surface area (Å²) in [5.41, 5.74) is 3.20. The zero-order valence-corrected chi connectivity index (χ0v) is 18.8. The zero-order valence-electron chi connectivity index (χ0n) is 18.0. The van der Waals surface area contributed by atoms with Crippen LogP contribution in [0, 0.1) is 0 Å². The van der Waals surface area contributed by atoms with Crippen LogP contribution in [0.3, 0.4) is 0 Å². The number of hydrogen-bond donors (Lipinski definition) is 4. The number of aliphatic hydroxyl groups is 4. The third-order valence-electron chi connectivity index (χ3n) is 5.98. The maximum atomic E-state index is 10.4. The van der Waals surface area contributed by atoms with Gasteiger partial charge < -0.3 is 25.2 Å². The monoisotopic (exact) mass is 442 g/mol. The molecule has 0 spiro atoms. The molecule has 4 rings (SSSR count). The molecule has 2 heterocycles. The van der Waals surface area contributed by atoms with Crippen LogP contribution in [-0.4, -0.2) is 51.4 Å². The lowest BCUT2D eigenvalue weighted by Crippen LogP contribution is -2.55. The number of fused-ring (bicyclic) bond motifs is 1. The second-order valence-electron chi connectivity index (χ2n) is 9.39. The predicted molar refractivity (Wildman–Crippen MR) is 122 cm³/mol. The number of rotatable bonds is 4. The van der Waals surface area contributed by atoms with Gasteiger partial charge in [0, 0.05) is 16.0 Å². The highest BCUT2D eigenvalue weighted by molar-refractivity contribution is 7.19. The Kier molecular flexibility index (Phi) is 6.23. The normalized spacial score (nSPS) is 27.0. The van der Waals surface area contributed by atoms with Crippen LogP contribution < -0.4 is 0 Å². The summed E-state index contributed by atoms with van der Waals surface area (Å²) < 4.78 is 6.96. The first-order valence-electron chi connectivity index (χ1n) is 10.6. The lowest BCUT2D eigenvalue weighted by molar-refractivity contribution is -0.231. The molecule has 0 saturated carbocycles. The average molecular weight is 443 g/mol. The van der Waals surface area contributed by atoms with E-state index in [9.17, 15) is 20.4 Å².